The fourth-order valence-corrected chi connectivity index (χ4v) is 6.78. The maximum Gasteiger partial charge on any atom is 0.269 e. The van der Waals surface area contributed by atoms with Crippen LogP contribution in [-0.4, -0.2) is 48.7 Å². The summed E-state index contributed by atoms with van der Waals surface area (Å²) in [7, 11) is -4.25. The summed E-state index contributed by atoms with van der Waals surface area (Å²) in [4.78, 5) is 39.9. The normalized spacial score (nSPS) is 14.5. The smallest absolute Gasteiger partial charge is 0.269 e. The van der Waals surface area contributed by atoms with Gasteiger partial charge < -0.3 is 10.2 Å². The van der Waals surface area contributed by atoms with Crippen molar-refractivity contribution in [1.82, 2.24) is 10.2 Å². The average molecular weight is 607 g/mol. The van der Waals surface area contributed by atoms with Crippen LogP contribution in [0.25, 0.3) is 0 Å². The van der Waals surface area contributed by atoms with E-state index in [1.165, 1.54) is 41.3 Å². The molecular formula is C32H38N4O6S. The number of nitro benzene ring substituents is 1. The van der Waals surface area contributed by atoms with Gasteiger partial charge in [0, 0.05) is 24.7 Å². The van der Waals surface area contributed by atoms with Crippen LogP contribution < -0.4 is 9.62 Å². The number of sulfonamides is 1. The molecule has 0 spiro atoms. The molecule has 3 aromatic carbocycles. The zero-order valence-electron chi connectivity index (χ0n) is 24.5. The molecule has 0 aliphatic heterocycles. The molecule has 0 heterocycles. The first-order valence-electron chi connectivity index (χ1n) is 14.6. The monoisotopic (exact) mass is 606 g/mol. The third kappa shape index (κ3) is 7.98. The SMILES string of the molecule is CC[C@@H](C(=O)NC1CCCCC1)N(Cc1ccc(C)cc1)C(=O)CN(c1ccc([N+](=O)[O-])cc1)S(=O)(=O)c1ccccc1. The van der Waals surface area contributed by atoms with E-state index in [1.54, 1.807) is 18.2 Å². The van der Waals surface area contributed by atoms with Crippen molar-refractivity contribution in [2.75, 3.05) is 10.8 Å². The van der Waals surface area contributed by atoms with Crippen molar-refractivity contribution < 1.29 is 22.9 Å². The lowest BCUT2D eigenvalue weighted by molar-refractivity contribution is -0.384. The zero-order valence-corrected chi connectivity index (χ0v) is 25.3. The quantitative estimate of drug-likeness (QED) is 0.218. The summed E-state index contributed by atoms with van der Waals surface area (Å²) in [6.07, 6.45) is 5.31. The van der Waals surface area contributed by atoms with Crippen molar-refractivity contribution in [3.63, 3.8) is 0 Å². The van der Waals surface area contributed by atoms with Gasteiger partial charge in [-0.2, -0.15) is 0 Å². The number of nitrogens with zero attached hydrogens (tertiary/aromatic N) is 3. The second kappa shape index (κ2) is 14.3. The Morgan fingerprint density at radius 3 is 2.16 bits per heavy atom. The Morgan fingerprint density at radius 1 is 0.953 bits per heavy atom. The molecule has 0 unspecified atom stereocenters. The van der Waals surface area contributed by atoms with Gasteiger partial charge in [0.1, 0.15) is 12.6 Å². The molecule has 0 radical (unpaired) electrons. The summed E-state index contributed by atoms with van der Waals surface area (Å²) in [6.45, 7) is 3.29. The largest absolute Gasteiger partial charge is 0.352 e. The minimum absolute atomic E-state index is 0.0340. The summed E-state index contributed by atoms with van der Waals surface area (Å²) in [5.74, 6) is -0.827. The number of nitrogens with one attached hydrogen (secondary N) is 1. The van der Waals surface area contributed by atoms with Crippen LogP contribution in [0.2, 0.25) is 0 Å². The van der Waals surface area contributed by atoms with Crippen molar-refractivity contribution in [1.29, 1.82) is 0 Å². The molecule has 1 aliphatic rings. The maximum atomic E-state index is 14.2. The highest BCUT2D eigenvalue weighted by Gasteiger charge is 2.34. The van der Waals surface area contributed by atoms with Crippen LogP contribution in [0.5, 0.6) is 0 Å². The summed E-state index contributed by atoms with van der Waals surface area (Å²) < 4.78 is 28.7. The number of amides is 2. The molecule has 1 atom stereocenters. The Hall–Kier alpha value is -4.25. The van der Waals surface area contributed by atoms with Gasteiger partial charge in [-0.3, -0.25) is 24.0 Å². The van der Waals surface area contributed by atoms with Crippen LogP contribution in [0.1, 0.15) is 56.6 Å². The first-order chi connectivity index (χ1) is 20.6. The third-order valence-electron chi connectivity index (χ3n) is 7.77. The molecule has 1 aliphatic carbocycles. The number of carbonyl (C=O) groups excluding carboxylic acids is 2. The fourth-order valence-electron chi connectivity index (χ4n) is 5.34. The van der Waals surface area contributed by atoms with Crippen molar-refractivity contribution in [2.45, 2.75) is 75.9 Å². The van der Waals surface area contributed by atoms with Crippen LogP contribution in [0.3, 0.4) is 0 Å². The third-order valence-corrected chi connectivity index (χ3v) is 9.56. The van der Waals surface area contributed by atoms with E-state index in [0.29, 0.717) is 6.42 Å². The number of benzene rings is 3. The number of carbonyl (C=O) groups is 2. The minimum atomic E-state index is -4.25. The first kappa shape index (κ1) is 31.7. The zero-order chi connectivity index (χ0) is 31.0. The molecule has 1 N–H and O–H groups in total. The lowest BCUT2D eigenvalue weighted by Gasteiger charge is -2.34. The van der Waals surface area contributed by atoms with E-state index in [1.807, 2.05) is 38.1 Å². The Kier molecular flexibility index (Phi) is 10.5. The Labute approximate surface area is 252 Å². The highest BCUT2D eigenvalue weighted by atomic mass is 32.2. The van der Waals surface area contributed by atoms with Crippen molar-refractivity contribution in [2.24, 2.45) is 0 Å². The van der Waals surface area contributed by atoms with Gasteiger partial charge in [0.05, 0.1) is 15.5 Å². The molecule has 0 aromatic heterocycles. The lowest BCUT2D eigenvalue weighted by Crippen LogP contribution is -2.54. The van der Waals surface area contributed by atoms with Gasteiger partial charge in [0.15, 0.2) is 0 Å². The summed E-state index contributed by atoms with van der Waals surface area (Å²) in [5.41, 5.74) is 1.73. The number of hydrogen-bond donors (Lipinski definition) is 1. The number of hydrogen-bond acceptors (Lipinski definition) is 6. The van der Waals surface area contributed by atoms with Crippen LogP contribution in [-0.2, 0) is 26.2 Å². The van der Waals surface area contributed by atoms with E-state index in [-0.39, 0.29) is 34.8 Å². The lowest BCUT2D eigenvalue weighted by atomic mass is 9.95. The fraction of sp³-hybridized carbons (Fsp3) is 0.375. The number of non-ortho nitro benzene ring substituents is 1. The number of anilines is 1. The molecule has 43 heavy (non-hydrogen) atoms. The molecule has 0 saturated heterocycles. The van der Waals surface area contributed by atoms with E-state index in [4.69, 9.17) is 0 Å². The molecule has 2 amide bonds. The van der Waals surface area contributed by atoms with Crippen LogP contribution in [0.15, 0.2) is 83.8 Å². The van der Waals surface area contributed by atoms with Gasteiger partial charge in [0.2, 0.25) is 11.8 Å². The molecule has 228 valence electrons. The highest BCUT2D eigenvalue weighted by Crippen LogP contribution is 2.27. The van der Waals surface area contributed by atoms with Gasteiger partial charge >= 0.3 is 0 Å². The van der Waals surface area contributed by atoms with Gasteiger partial charge in [-0.05, 0) is 56.0 Å². The van der Waals surface area contributed by atoms with Gasteiger partial charge in [-0.15, -0.1) is 0 Å². The summed E-state index contributed by atoms with van der Waals surface area (Å²) in [6, 6.07) is 19.5. The molecule has 4 rings (SSSR count). The van der Waals surface area contributed by atoms with E-state index in [2.05, 4.69) is 5.32 Å². The molecule has 0 bridgehead atoms. The van der Waals surface area contributed by atoms with Crippen LogP contribution in [0, 0.1) is 17.0 Å². The Morgan fingerprint density at radius 2 is 1.58 bits per heavy atom. The topological polar surface area (TPSA) is 130 Å². The highest BCUT2D eigenvalue weighted by molar-refractivity contribution is 7.92. The van der Waals surface area contributed by atoms with Crippen molar-refractivity contribution in [3.05, 3.63) is 100 Å². The van der Waals surface area contributed by atoms with E-state index in [0.717, 1.165) is 47.5 Å². The Balaban J connectivity index is 1.70. The molecule has 1 saturated carbocycles. The van der Waals surface area contributed by atoms with E-state index >= 15 is 0 Å². The predicted octanol–water partition coefficient (Wildman–Crippen LogP) is 5.35. The molecule has 1 fully saturated rings. The van der Waals surface area contributed by atoms with Crippen molar-refractivity contribution >= 4 is 33.2 Å². The number of rotatable bonds is 12. The van der Waals surface area contributed by atoms with Crippen molar-refractivity contribution in [3.8, 4) is 0 Å². The van der Waals surface area contributed by atoms with E-state index < -0.39 is 33.4 Å². The minimum Gasteiger partial charge on any atom is -0.352 e. The second-order valence-electron chi connectivity index (χ2n) is 10.9. The van der Waals surface area contributed by atoms with Gasteiger partial charge in [-0.25, -0.2) is 8.42 Å². The number of aryl methyl sites for hydroxylation is 1. The van der Waals surface area contributed by atoms with Crippen LogP contribution in [0.4, 0.5) is 11.4 Å². The van der Waals surface area contributed by atoms with E-state index in [9.17, 15) is 28.1 Å². The molecular weight excluding hydrogens is 568 g/mol. The first-order valence-corrected chi connectivity index (χ1v) is 16.0. The Bertz CT molecular complexity index is 1510. The molecule has 10 nitrogen and oxygen atoms in total. The maximum absolute atomic E-state index is 14.2. The molecule has 11 heteroatoms. The standard InChI is InChI=1S/C32H38N4O6S/c1-3-30(32(38)33-26-10-6-4-7-11-26)34(22-25-16-14-24(2)15-17-25)31(37)23-35(27-18-20-28(21-19-27)36(39)40)43(41,42)29-12-8-5-9-13-29/h5,8-9,12-21,26,30H,3-4,6-7,10-11,22-23H2,1-2H3,(H,33,38)/t30-/m0/s1. The second-order valence-corrected chi connectivity index (χ2v) is 12.7. The number of nitro groups is 1. The average Bonchev–Trinajstić information content (AvgIpc) is 3.01. The summed E-state index contributed by atoms with van der Waals surface area (Å²) >= 11 is 0. The predicted molar refractivity (Wildman–Crippen MR) is 165 cm³/mol. The molecule has 3 aromatic rings. The van der Waals surface area contributed by atoms with Gasteiger partial charge in [0.25, 0.3) is 15.7 Å². The van der Waals surface area contributed by atoms with Gasteiger partial charge in [-0.1, -0.05) is 74.2 Å². The van der Waals surface area contributed by atoms with Crippen LogP contribution >= 0.6 is 0 Å². The summed E-state index contributed by atoms with van der Waals surface area (Å²) in [5, 5.41) is 14.4.